The summed E-state index contributed by atoms with van der Waals surface area (Å²) < 4.78 is 32.5. The lowest BCUT2D eigenvalue weighted by molar-refractivity contribution is -0.138. The van der Waals surface area contributed by atoms with Crippen LogP contribution in [-0.2, 0) is 23.8 Å². The van der Waals surface area contributed by atoms with Crippen molar-refractivity contribution in [3.8, 4) is 0 Å². The number of rotatable bonds is 7. The molecule has 0 aliphatic carbocycles. The third kappa shape index (κ3) is 16.5. The molecule has 0 spiro atoms. The van der Waals surface area contributed by atoms with E-state index in [2.05, 4.69) is 49.6 Å². The molecule has 9 heteroatoms. The number of aliphatic hydroxyl groups excluding tert-OH is 1. The van der Waals surface area contributed by atoms with Crippen molar-refractivity contribution >= 4 is 26.6 Å². The zero-order valence-electron chi connectivity index (χ0n) is 21.6. The third-order valence-electron chi connectivity index (χ3n) is 4.58. The number of carbonyl (C=O) groups excluding carboxylic acids is 1. The van der Waals surface area contributed by atoms with Gasteiger partial charge in [0.1, 0.15) is 11.7 Å². The van der Waals surface area contributed by atoms with E-state index in [0.717, 1.165) is 6.26 Å². The lowest BCUT2D eigenvalue weighted by Gasteiger charge is -2.40. The van der Waals surface area contributed by atoms with Crippen molar-refractivity contribution in [2.45, 2.75) is 64.0 Å². The van der Waals surface area contributed by atoms with Crippen LogP contribution in [0.5, 0.6) is 0 Å². The number of benzene rings is 1. The molecule has 2 N–H and O–H groups in total. The minimum atomic E-state index is -3.59. The average Bonchev–Trinajstić information content (AvgIpc) is 2.60. The van der Waals surface area contributed by atoms with Crippen molar-refractivity contribution in [3.05, 3.63) is 35.9 Å². The maximum atomic E-state index is 11.2. The maximum Gasteiger partial charge on any atom is 0.293 e. The molecule has 0 saturated carbocycles. The van der Waals surface area contributed by atoms with Crippen LogP contribution in [0.2, 0.25) is 0 Å². The Morgan fingerprint density at radius 2 is 1.44 bits per heavy atom. The first-order valence-corrected chi connectivity index (χ1v) is 15.0. The Labute approximate surface area is 197 Å². The summed E-state index contributed by atoms with van der Waals surface area (Å²) in [7, 11) is -2.29. The number of ether oxygens (including phenoxy) is 1. The fourth-order valence-electron chi connectivity index (χ4n) is 1.67. The van der Waals surface area contributed by atoms with Crippen molar-refractivity contribution < 1.29 is 27.2 Å². The maximum absolute atomic E-state index is 11.2. The minimum absolute atomic E-state index is 0.217. The molecule has 1 rings (SSSR count). The van der Waals surface area contributed by atoms with Crippen molar-refractivity contribution in [2.24, 2.45) is 0 Å². The smallest absolute Gasteiger partial charge is 0.293 e. The highest BCUT2D eigenvalue weighted by molar-refractivity contribution is 8.33. The lowest BCUT2D eigenvalue weighted by Crippen LogP contribution is -2.37. The monoisotopic (exact) mass is 495 g/mol. The fourth-order valence-corrected chi connectivity index (χ4v) is 2.29. The van der Waals surface area contributed by atoms with Crippen LogP contribution in [0.4, 0.5) is 0 Å². The van der Waals surface area contributed by atoms with Crippen LogP contribution < -0.4 is 5.32 Å². The number of aliphatic hydroxyl groups is 1. The van der Waals surface area contributed by atoms with E-state index in [0.29, 0.717) is 16.8 Å². The van der Waals surface area contributed by atoms with Crippen molar-refractivity contribution in [1.29, 1.82) is 0 Å². The van der Waals surface area contributed by atoms with Gasteiger partial charge in [-0.15, -0.1) is 0 Å². The molecule has 0 aliphatic rings. The fraction of sp³-hybridized carbons (Fsp3) is 0.696. The molecule has 0 saturated heterocycles. The van der Waals surface area contributed by atoms with Crippen LogP contribution in [0.15, 0.2) is 30.3 Å². The molecule has 190 valence electrons. The molecule has 0 amide bonds. The van der Waals surface area contributed by atoms with Gasteiger partial charge in [-0.3, -0.25) is 8.98 Å². The molecule has 0 aromatic heterocycles. The number of hydrogen-bond acceptors (Lipinski definition) is 7. The van der Waals surface area contributed by atoms with Crippen LogP contribution in [0, 0.1) is 0 Å². The number of carbonyl (C=O) groups is 1. The molecule has 32 heavy (non-hydrogen) atoms. The third-order valence-corrected chi connectivity index (χ3v) is 8.81. The second-order valence-electron chi connectivity index (χ2n) is 9.99. The first kappa shape index (κ1) is 33.0. The van der Waals surface area contributed by atoms with E-state index in [1.165, 1.54) is 0 Å². The van der Waals surface area contributed by atoms with E-state index < -0.39 is 22.3 Å². The summed E-state index contributed by atoms with van der Waals surface area (Å²) in [6, 6.07) is 8.45. The Morgan fingerprint density at radius 1 is 1.00 bits per heavy atom. The van der Waals surface area contributed by atoms with Crippen LogP contribution >= 0.6 is 10.0 Å². The predicted molar refractivity (Wildman–Crippen MR) is 137 cm³/mol. The minimum Gasteiger partial charge on any atom is -0.462 e. The van der Waals surface area contributed by atoms with Gasteiger partial charge in [0.2, 0.25) is 0 Å². The first-order valence-electron chi connectivity index (χ1n) is 10.3. The molecule has 7 nitrogen and oxygen atoms in total. The molecular weight excluding hydrogens is 450 g/mol. The Hall–Kier alpha value is -1.13. The Morgan fingerprint density at radius 3 is 1.66 bits per heavy atom. The SMILES string of the molecule is CC(C)(C)OC=O.CC(C)(C)S(C)(C)C.CNC(CO)C(OS(C)(=O)=O)c1ccccc1. The highest BCUT2D eigenvalue weighted by Crippen LogP contribution is 2.48. The highest BCUT2D eigenvalue weighted by Gasteiger charge is 2.26. The second kappa shape index (κ2) is 14.2. The zero-order valence-corrected chi connectivity index (χ0v) is 23.3. The topological polar surface area (TPSA) is 102 Å². The molecular formula is C23H45NO6S2. The van der Waals surface area contributed by atoms with E-state index in [1.54, 1.807) is 31.3 Å². The molecule has 2 unspecified atom stereocenters. The molecule has 0 bridgehead atoms. The van der Waals surface area contributed by atoms with Gasteiger partial charge in [-0.2, -0.15) is 8.42 Å². The molecule has 1 aromatic rings. The van der Waals surface area contributed by atoms with Gasteiger partial charge in [-0.1, -0.05) is 51.1 Å². The van der Waals surface area contributed by atoms with Gasteiger partial charge in [0, 0.05) is 0 Å². The molecule has 0 aliphatic heterocycles. The van der Waals surface area contributed by atoms with E-state index in [-0.39, 0.29) is 22.2 Å². The van der Waals surface area contributed by atoms with Gasteiger partial charge in [0.05, 0.1) is 18.9 Å². The van der Waals surface area contributed by atoms with Crippen LogP contribution in [0.3, 0.4) is 0 Å². The van der Waals surface area contributed by atoms with Crippen molar-refractivity contribution in [3.63, 3.8) is 0 Å². The molecule has 0 radical (unpaired) electrons. The quantitative estimate of drug-likeness (QED) is 0.439. The predicted octanol–water partition coefficient (Wildman–Crippen LogP) is 3.72. The summed E-state index contributed by atoms with van der Waals surface area (Å²) in [4.78, 5) is 9.60. The summed E-state index contributed by atoms with van der Waals surface area (Å²) in [5, 5.41) is 12.1. The Kier molecular flexibility index (Phi) is 14.7. The van der Waals surface area contributed by atoms with E-state index in [4.69, 9.17) is 4.18 Å². The summed E-state index contributed by atoms with van der Waals surface area (Å²) in [6.45, 7) is 12.6. The van der Waals surface area contributed by atoms with Crippen LogP contribution in [0.1, 0.15) is 53.2 Å². The first-order chi connectivity index (χ1) is 14.3. The number of nitrogens with one attached hydrogen (secondary N) is 1. The van der Waals surface area contributed by atoms with Gasteiger partial charge in [0.25, 0.3) is 16.6 Å². The normalized spacial score (nSPS) is 14.6. The second-order valence-corrected chi connectivity index (χ2v) is 16.5. The van der Waals surface area contributed by atoms with Gasteiger partial charge < -0.3 is 15.2 Å². The van der Waals surface area contributed by atoms with Gasteiger partial charge in [-0.25, -0.2) is 10.0 Å². The molecule has 2 atom stereocenters. The van der Waals surface area contributed by atoms with Gasteiger partial charge in [-0.05, 0) is 56.9 Å². The van der Waals surface area contributed by atoms with Gasteiger partial charge >= 0.3 is 0 Å². The summed E-state index contributed by atoms with van der Waals surface area (Å²) in [5.74, 6) is 0. The Bertz CT molecular complexity index is 716. The largest absolute Gasteiger partial charge is 0.462 e. The van der Waals surface area contributed by atoms with E-state index in [9.17, 15) is 18.3 Å². The van der Waals surface area contributed by atoms with Crippen LogP contribution in [-0.4, -0.2) is 75.1 Å². The summed E-state index contributed by atoms with van der Waals surface area (Å²) in [6.07, 6.45) is 7.32. The standard InChI is InChI=1S/C11H17NO4S.C7H18S.C5H10O2/c1-12-10(8-13)11(16-17(2,14)15)9-6-4-3-5-7-9;1-7(2,3)8(4,5)6;1-5(2,3)7-4-6/h3-7,10-13H,8H2,1-2H3;1-6H3;4H,1-3H3. The molecule has 0 fully saturated rings. The van der Waals surface area contributed by atoms with E-state index in [1.807, 2.05) is 26.8 Å². The number of hydrogen-bond donors (Lipinski definition) is 2. The molecule has 0 heterocycles. The van der Waals surface area contributed by atoms with Crippen molar-refractivity contribution in [2.75, 3.05) is 38.7 Å². The van der Waals surface area contributed by atoms with Gasteiger partial charge in [0.15, 0.2) is 0 Å². The summed E-state index contributed by atoms with van der Waals surface area (Å²) >= 11 is 0. The lowest BCUT2D eigenvalue weighted by atomic mass is 10.0. The van der Waals surface area contributed by atoms with Crippen molar-refractivity contribution in [1.82, 2.24) is 5.32 Å². The number of likely N-dealkylation sites (N-methyl/N-ethyl adjacent to an activating group) is 1. The highest BCUT2D eigenvalue weighted by atomic mass is 32.3. The average molecular weight is 496 g/mol. The zero-order chi connectivity index (χ0) is 25.8. The molecule has 1 aromatic carbocycles. The van der Waals surface area contributed by atoms with Crippen LogP contribution in [0.25, 0.3) is 0 Å². The summed E-state index contributed by atoms with van der Waals surface area (Å²) in [5.41, 5.74) is 0.383. The Balaban J connectivity index is 0. The van der Waals surface area contributed by atoms with E-state index >= 15 is 0 Å².